The molecule has 0 saturated carbocycles. The van der Waals surface area contributed by atoms with Crippen molar-refractivity contribution >= 4 is 23.6 Å². The first-order chi connectivity index (χ1) is 13.1. The highest BCUT2D eigenvalue weighted by atomic mass is 32.2. The summed E-state index contributed by atoms with van der Waals surface area (Å²) in [6.45, 7) is 16.3. The Bertz CT molecular complexity index is 816. The number of esters is 1. The van der Waals surface area contributed by atoms with Crippen LogP contribution >= 0.6 is 11.9 Å². The van der Waals surface area contributed by atoms with E-state index in [1.54, 1.807) is 6.92 Å². The Morgan fingerprint density at radius 2 is 1.89 bits per heavy atom. The summed E-state index contributed by atoms with van der Waals surface area (Å²) in [7, 11) is 0. The number of hydrogen-bond acceptors (Lipinski definition) is 5. The second-order valence-corrected chi connectivity index (χ2v) is 8.68. The summed E-state index contributed by atoms with van der Waals surface area (Å²) >= 11 is 1.41. The van der Waals surface area contributed by atoms with Gasteiger partial charge in [-0.25, -0.2) is 0 Å². The Hall–Kier alpha value is -1.98. The third kappa shape index (κ3) is 4.70. The summed E-state index contributed by atoms with van der Waals surface area (Å²) in [5.74, 6) is -0.368. The lowest BCUT2D eigenvalue weighted by Crippen LogP contribution is -2.28. The van der Waals surface area contributed by atoms with Crippen molar-refractivity contribution in [3.05, 3.63) is 63.6 Å². The van der Waals surface area contributed by atoms with E-state index in [0.29, 0.717) is 6.61 Å². The molecule has 0 aliphatic carbocycles. The van der Waals surface area contributed by atoms with Gasteiger partial charge in [0.15, 0.2) is 0 Å². The SMILES string of the molecule is C=C1C=C(C(C)(C)C(=O)OCC)SNC(c2cc(C)cc(C)c2)=C1[C@H](C)CO. The fraction of sp³-hybridized carbons (Fsp3) is 0.435. The van der Waals surface area contributed by atoms with Crippen LogP contribution in [-0.4, -0.2) is 24.3 Å². The molecular formula is C23H31NO3S. The third-order valence-electron chi connectivity index (χ3n) is 4.86. The van der Waals surface area contributed by atoms with Crippen LogP contribution < -0.4 is 4.72 Å². The van der Waals surface area contributed by atoms with Gasteiger partial charge in [-0.3, -0.25) is 4.79 Å². The van der Waals surface area contributed by atoms with Gasteiger partial charge in [-0.05, 0) is 81.5 Å². The first-order valence-electron chi connectivity index (χ1n) is 9.57. The van der Waals surface area contributed by atoms with Gasteiger partial charge in [0.05, 0.1) is 17.7 Å². The van der Waals surface area contributed by atoms with E-state index >= 15 is 0 Å². The zero-order chi connectivity index (χ0) is 21.1. The number of rotatable bonds is 6. The van der Waals surface area contributed by atoms with E-state index in [4.69, 9.17) is 4.74 Å². The molecule has 152 valence electrons. The molecule has 0 fully saturated rings. The minimum Gasteiger partial charge on any atom is -0.465 e. The number of benzene rings is 1. The molecule has 1 atom stereocenters. The largest absolute Gasteiger partial charge is 0.465 e. The van der Waals surface area contributed by atoms with Gasteiger partial charge in [0, 0.05) is 17.4 Å². The van der Waals surface area contributed by atoms with E-state index in [9.17, 15) is 9.90 Å². The van der Waals surface area contributed by atoms with Crippen molar-refractivity contribution in [3.8, 4) is 0 Å². The Morgan fingerprint density at radius 3 is 2.43 bits per heavy atom. The van der Waals surface area contributed by atoms with Crippen molar-refractivity contribution in [1.29, 1.82) is 0 Å². The molecule has 0 radical (unpaired) electrons. The maximum atomic E-state index is 12.5. The number of aryl methyl sites for hydroxylation is 2. The van der Waals surface area contributed by atoms with Gasteiger partial charge < -0.3 is 14.6 Å². The maximum absolute atomic E-state index is 12.5. The molecule has 0 spiro atoms. The van der Waals surface area contributed by atoms with E-state index < -0.39 is 5.41 Å². The second-order valence-electron chi connectivity index (χ2n) is 7.83. The van der Waals surface area contributed by atoms with Crippen LogP contribution in [0.4, 0.5) is 0 Å². The van der Waals surface area contributed by atoms with Crippen LogP contribution in [0.5, 0.6) is 0 Å². The van der Waals surface area contributed by atoms with Gasteiger partial charge in [0.25, 0.3) is 0 Å². The lowest BCUT2D eigenvalue weighted by Gasteiger charge is -2.25. The summed E-state index contributed by atoms with van der Waals surface area (Å²) in [6, 6.07) is 6.37. The van der Waals surface area contributed by atoms with E-state index in [0.717, 1.165) is 27.3 Å². The molecule has 28 heavy (non-hydrogen) atoms. The van der Waals surface area contributed by atoms with E-state index in [1.165, 1.54) is 23.1 Å². The first kappa shape index (κ1) is 22.3. The fourth-order valence-corrected chi connectivity index (χ4v) is 4.27. The summed E-state index contributed by atoms with van der Waals surface area (Å²) in [4.78, 5) is 13.3. The molecule has 2 rings (SSSR count). The highest BCUT2D eigenvalue weighted by molar-refractivity contribution is 8.01. The van der Waals surface area contributed by atoms with Crippen LogP contribution in [0.2, 0.25) is 0 Å². The predicted molar refractivity (Wildman–Crippen MR) is 117 cm³/mol. The molecule has 0 bridgehead atoms. The van der Waals surface area contributed by atoms with Crippen LogP contribution in [0.15, 0.2) is 46.9 Å². The summed E-state index contributed by atoms with van der Waals surface area (Å²) in [5.41, 5.74) is 5.25. The van der Waals surface area contributed by atoms with Gasteiger partial charge in [0.1, 0.15) is 0 Å². The Kier molecular flexibility index (Phi) is 7.18. The number of nitrogens with one attached hydrogen (secondary N) is 1. The highest BCUT2D eigenvalue weighted by Gasteiger charge is 2.36. The average molecular weight is 402 g/mol. The summed E-state index contributed by atoms with van der Waals surface area (Å²) in [6.07, 6.45) is 1.94. The van der Waals surface area contributed by atoms with Crippen LogP contribution in [0.3, 0.4) is 0 Å². The molecule has 0 unspecified atom stereocenters. The number of hydrogen-bond donors (Lipinski definition) is 2. The van der Waals surface area contributed by atoms with Gasteiger partial charge in [-0.2, -0.15) is 0 Å². The number of allylic oxidation sites excluding steroid dienone is 2. The van der Waals surface area contributed by atoms with Gasteiger partial charge in [-0.15, -0.1) is 0 Å². The fourth-order valence-electron chi connectivity index (χ4n) is 3.29. The average Bonchev–Trinajstić information content (AvgIpc) is 2.79. The molecule has 0 saturated heterocycles. The lowest BCUT2D eigenvalue weighted by molar-refractivity contribution is -0.150. The summed E-state index contributed by atoms with van der Waals surface area (Å²) in [5, 5.41) is 9.85. The minimum absolute atomic E-state index is 0.0133. The molecule has 0 amide bonds. The van der Waals surface area contributed by atoms with Crippen LogP contribution in [-0.2, 0) is 9.53 Å². The molecule has 1 aromatic rings. The number of carbonyl (C=O) groups is 1. The number of ether oxygens (including phenoxy) is 1. The second kappa shape index (κ2) is 9.01. The minimum atomic E-state index is -0.803. The predicted octanol–water partition coefficient (Wildman–Crippen LogP) is 4.92. The molecule has 1 aliphatic heterocycles. The zero-order valence-corrected chi connectivity index (χ0v) is 18.5. The van der Waals surface area contributed by atoms with Crippen molar-refractivity contribution in [2.24, 2.45) is 11.3 Å². The smallest absolute Gasteiger partial charge is 0.316 e. The molecule has 5 heteroatoms. The zero-order valence-electron chi connectivity index (χ0n) is 17.7. The molecule has 1 heterocycles. The van der Waals surface area contributed by atoms with E-state index in [2.05, 4.69) is 43.3 Å². The van der Waals surface area contributed by atoms with Crippen molar-refractivity contribution < 1.29 is 14.6 Å². The van der Waals surface area contributed by atoms with Crippen molar-refractivity contribution in [2.45, 2.75) is 41.5 Å². The number of carbonyl (C=O) groups excluding carboxylic acids is 1. The van der Waals surface area contributed by atoms with Gasteiger partial charge in [0.2, 0.25) is 0 Å². The monoisotopic (exact) mass is 401 g/mol. The number of aliphatic hydroxyl groups excluding tert-OH is 1. The normalized spacial score (nSPS) is 16.2. The van der Waals surface area contributed by atoms with Crippen molar-refractivity contribution in [2.75, 3.05) is 13.2 Å². The first-order valence-corrected chi connectivity index (χ1v) is 10.4. The van der Waals surface area contributed by atoms with Crippen molar-refractivity contribution in [1.82, 2.24) is 4.72 Å². The van der Waals surface area contributed by atoms with Crippen LogP contribution in [0, 0.1) is 25.2 Å². The Balaban J connectivity index is 2.54. The van der Waals surface area contributed by atoms with Crippen molar-refractivity contribution in [3.63, 3.8) is 0 Å². The molecule has 2 N–H and O–H groups in total. The van der Waals surface area contributed by atoms with Gasteiger partial charge in [-0.1, -0.05) is 30.7 Å². The molecule has 4 nitrogen and oxygen atoms in total. The molecule has 1 aliphatic rings. The van der Waals surface area contributed by atoms with E-state index in [-0.39, 0.29) is 18.5 Å². The van der Waals surface area contributed by atoms with Gasteiger partial charge >= 0.3 is 5.97 Å². The molecule has 0 aromatic heterocycles. The summed E-state index contributed by atoms with van der Waals surface area (Å²) < 4.78 is 8.72. The van der Waals surface area contributed by atoms with Crippen LogP contribution in [0.25, 0.3) is 5.70 Å². The topological polar surface area (TPSA) is 58.6 Å². The number of aliphatic hydroxyl groups is 1. The highest BCUT2D eigenvalue weighted by Crippen LogP contribution is 2.42. The molecular weight excluding hydrogens is 370 g/mol. The standard InChI is InChI=1S/C23H31NO3S/c1-8-27-22(26)23(6,7)19-12-16(4)20(17(5)13-25)21(24-28-19)18-10-14(2)9-15(3)11-18/h9-12,17,24-25H,4,8,13H2,1-3,5-7H3/t17-/m1/s1. The van der Waals surface area contributed by atoms with E-state index in [1.807, 2.05) is 26.8 Å². The lowest BCUT2D eigenvalue weighted by atomic mass is 9.87. The maximum Gasteiger partial charge on any atom is 0.316 e. The third-order valence-corrected chi connectivity index (χ3v) is 6.02. The Morgan fingerprint density at radius 1 is 1.29 bits per heavy atom. The quantitative estimate of drug-likeness (QED) is 0.523. The molecule has 1 aromatic carbocycles. The van der Waals surface area contributed by atoms with Crippen LogP contribution in [0.1, 0.15) is 44.4 Å². The Labute approximate surface area is 172 Å².